The van der Waals surface area contributed by atoms with E-state index in [9.17, 15) is 0 Å². The number of benzene rings is 1. The smallest absolute Gasteiger partial charge is 0.137 e. The summed E-state index contributed by atoms with van der Waals surface area (Å²) in [6.07, 6.45) is 2.10. The second kappa shape index (κ2) is 9.07. The van der Waals surface area contributed by atoms with Crippen LogP contribution in [0.2, 0.25) is 5.02 Å². The van der Waals surface area contributed by atoms with E-state index in [-0.39, 0.29) is 24.8 Å². The van der Waals surface area contributed by atoms with Crippen LogP contribution in [-0.2, 0) is 6.54 Å². The minimum atomic E-state index is 0. The minimum absolute atomic E-state index is 0. The first-order valence-electron chi connectivity index (χ1n) is 8.35. The van der Waals surface area contributed by atoms with Crippen LogP contribution in [0.25, 0.3) is 5.65 Å². The number of imidazole rings is 1. The fourth-order valence-electron chi connectivity index (χ4n) is 3.53. The van der Waals surface area contributed by atoms with Crippen molar-refractivity contribution in [1.29, 1.82) is 0 Å². The molecule has 4 nitrogen and oxygen atoms in total. The molecule has 0 spiro atoms. The maximum absolute atomic E-state index is 6.20. The summed E-state index contributed by atoms with van der Waals surface area (Å²) in [6.45, 7) is 5.94. The number of halogens is 3. The number of nitrogens with one attached hydrogen (secondary N) is 1. The maximum atomic E-state index is 6.20. The van der Waals surface area contributed by atoms with Crippen molar-refractivity contribution < 1.29 is 0 Å². The Morgan fingerprint density at radius 3 is 2.85 bits per heavy atom. The fourth-order valence-corrected chi connectivity index (χ4v) is 3.72. The highest BCUT2D eigenvalue weighted by Gasteiger charge is 2.25. The molecule has 26 heavy (non-hydrogen) atoms. The molecule has 0 aliphatic carbocycles. The summed E-state index contributed by atoms with van der Waals surface area (Å²) in [6, 6.07) is 14.7. The van der Waals surface area contributed by atoms with Crippen molar-refractivity contribution >= 4 is 42.1 Å². The third-order valence-corrected chi connectivity index (χ3v) is 5.00. The number of fused-ring (bicyclic) bond motifs is 1. The third-order valence-electron chi connectivity index (χ3n) is 4.77. The van der Waals surface area contributed by atoms with Crippen LogP contribution in [0, 0.1) is 6.92 Å². The Labute approximate surface area is 171 Å². The van der Waals surface area contributed by atoms with Gasteiger partial charge in [-0.2, -0.15) is 0 Å². The molecule has 1 atom stereocenters. The van der Waals surface area contributed by atoms with E-state index in [4.69, 9.17) is 16.6 Å². The average Bonchev–Trinajstić information content (AvgIpc) is 2.91. The number of piperazine rings is 1. The first-order valence-corrected chi connectivity index (χ1v) is 8.73. The topological polar surface area (TPSA) is 32.6 Å². The lowest BCUT2D eigenvalue weighted by atomic mass is 10.0. The number of rotatable bonds is 3. The number of hydrogen-bond acceptors (Lipinski definition) is 3. The van der Waals surface area contributed by atoms with Crippen LogP contribution in [-0.4, -0.2) is 33.9 Å². The molecular weight excluding hydrogens is 391 g/mol. The summed E-state index contributed by atoms with van der Waals surface area (Å²) < 4.78 is 2.20. The predicted octanol–water partition coefficient (Wildman–Crippen LogP) is 4.29. The summed E-state index contributed by atoms with van der Waals surface area (Å²) in [5.74, 6) is 0. The third kappa shape index (κ3) is 4.16. The van der Waals surface area contributed by atoms with Gasteiger partial charge in [0.05, 0.1) is 11.4 Å². The Hall–Kier alpha value is -1.30. The molecule has 1 fully saturated rings. The first-order chi connectivity index (χ1) is 11.7. The van der Waals surface area contributed by atoms with Crippen molar-refractivity contribution in [1.82, 2.24) is 19.6 Å². The Morgan fingerprint density at radius 1 is 1.19 bits per heavy atom. The Bertz CT molecular complexity index is 865. The zero-order valence-corrected chi connectivity index (χ0v) is 16.9. The lowest BCUT2D eigenvalue weighted by Crippen LogP contribution is -2.45. The lowest BCUT2D eigenvalue weighted by Gasteiger charge is -2.36. The summed E-state index contributed by atoms with van der Waals surface area (Å²) in [7, 11) is 0. The highest BCUT2D eigenvalue weighted by molar-refractivity contribution is 6.30. The summed E-state index contributed by atoms with van der Waals surface area (Å²) in [5.41, 5.74) is 4.64. The monoisotopic (exact) mass is 412 g/mol. The van der Waals surface area contributed by atoms with Gasteiger partial charge in [0.25, 0.3) is 0 Å². The molecule has 0 amide bonds. The summed E-state index contributed by atoms with van der Waals surface area (Å²) in [4.78, 5) is 7.21. The molecule has 1 aliphatic heterocycles. The molecular formula is C19H23Cl3N4. The number of aryl methyl sites for hydroxylation is 1. The van der Waals surface area contributed by atoms with Crippen LogP contribution in [0.4, 0.5) is 0 Å². The van der Waals surface area contributed by atoms with E-state index < -0.39 is 0 Å². The predicted molar refractivity (Wildman–Crippen MR) is 112 cm³/mol. The molecule has 2 aromatic heterocycles. The lowest BCUT2D eigenvalue weighted by molar-refractivity contribution is 0.151. The van der Waals surface area contributed by atoms with Gasteiger partial charge in [-0.15, -0.1) is 24.8 Å². The van der Waals surface area contributed by atoms with Gasteiger partial charge in [0.1, 0.15) is 5.65 Å². The second-order valence-corrected chi connectivity index (χ2v) is 6.75. The quantitative estimate of drug-likeness (QED) is 0.695. The molecule has 140 valence electrons. The van der Waals surface area contributed by atoms with Gasteiger partial charge in [0, 0.05) is 43.4 Å². The van der Waals surface area contributed by atoms with Gasteiger partial charge in [-0.25, -0.2) is 4.98 Å². The molecule has 1 saturated heterocycles. The molecule has 1 aromatic carbocycles. The van der Waals surface area contributed by atoms with Crippen LogP contribution < -0.4 is 5.32 Å². The molecule has 1 aliphatic rings. The van der Waals surface area contributed by atoms with Crippen molar-refractivity contribution in [2.24, 2.45) is 0 Å². The summed E-state index contributed by atoms with van der Waals surface area (Å²) in [5, 5.41) is 4.30. The van der Waals surface area contributed by atoms with Gasteiger partial charge in [-0.3, -0.25) is 4.90 Å². The van der Waals surface area contributed by atoms with Gasteiger partial charge >= 0.3 is 0 Å². The highest BCUT2D eigenvalue weighted by atomic mass is 35.5. The van der Waals surface area contributed by atoms with Gasteiger partial charge in [0.2, 0.25) is 0 Å². The SMILES string of the molecule is Cc1nc2ccccn2c1CN1CCNCC1c1cccc(Cl)c1.Cl.Cl. The van der Waals surface area contributed by atoms with Crippen LogP contribution >= 0.6 is 36.4 Å². The molecule has 0 bridgehead atoms. The molecule has 0 saturated carbocycles. The van der Waals surface area contributed by atoms with Crippen molar-refractivity contribution in [3.8, 4) is 0 Å². The molecule has 7 heteroatoms. The van der Waals surface area contributed by atoms with E-state index in [1.165, 1.54) is 11.3 Å². The van der Waals surface area contributed by atoms with E-state index in [0.29, 0.717) is 6.04 Å². The molecule has 0 radical (unpaired) electrons. The van der Waals surface area contributed by atoms with E-state index in [1.807, 2.05) is 18.2 Å². The number of pyridine rings is 1. The molecule has 1 N–H and O–H groups in total. The fraction of sp³-hybridized carbons (Fsp3) is 0.316. The molecule has 1 unspecified atom stereocenters. The number of nitrogens with zero attached hydrogens (tertiary/aromatic N) is 3. The van der Waals surface area contributed by atoms with Crippen molar-refractivity contribution in [3.63, 3.8) is 0 Å². The Morgan fingerprint density at radius 2 is 2.04 bits per heavy atom. The second-order valence-electron chi connectivity index (χ2n) is 6.32. The Kier molecular flexibility index (Phi) is 7.33. The van der Waals surface area contributed by atoms with E-state index in [1.54, 1.807) is 0 Å². The zero-order valence-electron chi connectivity index (χ0n) is 14.6. The van der Waals surface area contributed by atoms with Gasteiger partial charge in [0.15, 0.2) is 0 Å². The van der Waals surface area contributed by atoms with Crippen molar-refractivity contribution in [2.45, 2.75) is 19.5 Å². The van der Waals surface area contributed by atoms with Crippen molar-refractivity contribution in [2.75, 3.05) is 19.6 Å². The zero-order chi connectivity index (χ0) is 16.5. The number of hydrogen-bond donors (Lipinski definition) is 1. The largest absolute Gasteiger partial charge is 0.314 e. The molecule has 3 heterocycles. The molecule has 3 aromatic rings. The summed E-state index contributed by atoms with van der Waals surface area (Å²) >= 11 is 6.20. The van der Waals surface area contributed by atoms with E-state index in [0.717, 1.165) is 42.5 Å². The van der Waals surface area contributed by atoms with Crippen molar-refractivity contribution in [3.05, 3.63) is 70.6 Å². The highest BCUT2D eigenvalue weighted by Crippen LogP contribution is 2.27. The van der Waals surface area contributed by atoms with E-state index in [2.05, 4.69) is 52.0 Å². The van der Waals surface area contributed by atoms with Gasteiger partial charge in [-0.05, 0) is 36.8 Å². The van der Waals surface area contributed by atoms with Gasteiger partial charge < -0.3 is 9.72 Å². The van der Waals surface area contributed by atoms with E-state index >= 15 is 0 Å². The van der Waals surface area contributed by atoms with Crippen LogP contribution in [0.1, 0.15) is 23.0 Å². The molecule has 4 rings (SSSR count). The maximum Gasteiger partial charge on any atom is 0.137 e. The first kappa shape index (κ1) is 21.0. The van der Waals surface area contributed by atoms with Crippen LogP contribution in [0.15, 0.2) is 48.7 Å². The average molecular weight is 414 g/mol. The minimum Gasteiger partial charge on any atom is -0.314 e. The number of aromatic nitrogens is 2. The standard InChI is InChI=1S/C19H21ClN4.2ClH/c1-14-18(24-9-3-2-7-19(24)22-14)13-23-10-8-21-12-17(23)15-5-4-6-16(20)11-15;;/h2-7,9,11,17,21H,8,10,12-13H2,1H3;2*1H. The van der Waals surface area contributed by atoms with Crippen LogP contribution in [0.3, 0.4) is 0 Å². The Balaban J connectivity index is 0.00000121. The van der Waals surface area contributed by atoms with Crippen LogP contribution in [0.5, 0.6) is 0 Å². The van der Waals surface area contributed by atoms with Gasteiger partial charge in [-0.1, -0.05) is 29.8 Å². The normalized spacial score (nSPS) is 17.5.